The summed E-state index contributed by atoms with van der Waals surface area (Å²) in [6.45, 7) is 4.04. The minimum atomic E-state index is -0.701. The van der Waals surface area contributed by atoms with E-state index in [1.165, 1.54) is 0 Å². The van der Waals surface area contributed by atoms with Gasteiger partial charge in [-0.2, -0.15) is 0 Å². The van der Waals surface area contributed by atoms with Gasteiger partial charge in [0.2, 0.25) is 0 Å². The number of nitrogens with zero attached hydrogens (tertiary/aromatic N) is 1. The van der Waals surface area contributed by atoms with Crippen molar-refractivity contribution < 1.29 is 15.0 Å². The first-order valence-electron chi connectivity index (χ1n) is 6.18. The lowest BCUT2D eigenvalue weighted by Crippen LogP contribution is -2.40. The van der Waals surface area contributed by atoms with E-state index in [0.717, 1.165) is 32.2 Å². The van der Waals surface area contributed by atoms with Gasteiger partial charge in [0, 0.05) is 19.6 Å². The maximum absolute atomic E-state index is 11.0. The Kier molecular flexibility index (Phi) is 3.22. The molecular formula is C12H21NO3. The molecule has 1 heterocycles. The first-order chi connectivity index (χ1) is 7.50. The van der Waals surface area contributed by atoms with Crippen molar-refractivity contribution in [1.82, 2.24) is 4.90 Å². The van der Waals surface area contributed by atoms with Crippen LogP contribution in [0.1, 0.15) is 32.6 Å². The number of rotatable bonds is 3. The normalized spacial score (nSPS) is 34.4. The Labute approximate surface area is 96.3 Å². The van der Waals surface area contributed by atoms with Crippen molar-refractivity contribution in [3.63, 3.8) is 0 Å². The number of carboxylic acid groups (broad SMARTS) is 1. The largest absolute Gasteiger partial charge is 0.481 e. The van der Waals surface area contributed by atoms with Crippen molar-refractivity contribution in [2.45, 2.75) is 38.2 Å². The smallest absolute Gasteiger partial charge is 0.308 e. The van der Waals surface area contributed by atoms with Crippen LogP contribution in [0.3, 0.4) is 0 Å². The van der Waals surface area contributed by atoms with Gasteiger partial charge in [-0.1, -0.05) is 19.8 Å². The van der Waals surface area contributed by atoms with E-state index in [2.05, 4.69) is 4.90 Å². The number of β-amino-alcohol motifs (C(OH)–C–C–N with tert-alkyl or cyclic N) is 1. The predicted octanol–water partition coefficient (Wildman–Crippen LogP) is 0.944. The zero-order chi connectivity index (χ0) is 11.8. The van der Waals surface area contributed by atoms with E-state index in [-0.39, 0.29) is 11.8 Å². The van der Waals surface area contributed by atoms with Crippen LogP contribution < -0.4 is 0 Å². The van der Waals surface area contributed by atoms with Crippen molar-refractivity contribution in [3.8, 4) is 0 Å². The van der Waals surface area contributed by atoms with Gasteiger partial charge < -0.3 is 10.2 Å². The molecule has 0 bridgehead atoms. The van der Waals surface area contributed by atoms with E-state index in [9.17, 15) is 9.90 Å². The second-order valence-electron chi connectivity index (χ2n) is 5.55. The summed E-state index contributed by atoms with van der Waals surface area (Å²) in [4.78, 5) is 13.1. The van der Waals surface area contributed by atoms with Crippen molar-refractivity contribution in [3.05, 3.63) is 0 Å². The van der Waals surface area contributed by atoms with Gasteiger partial charge in [0.05, 0.1) is 11.5 Å². The number of carboxylic acids is 1. The summed E-state index contributed by atoms with van der Waals surface area (Å²) in [5.74, 6) is -0.763. The maximum atomic E-state index is 11.0. The third-order valence-corrected chi connectivity index (χ3v) is 4.06. The van der Waals surface area contributed by atoms with Gasteiger partial charge >= 0.3 is 5.97 Å². The Morgan fingerprint density at radius 2 is 2.00 bits per heavy atom. The molecule has 2 rings (SSSR count). The molecule has 2 atom stereocenters. The van der Waals surface area contributed by atoms with Gasteiger partial charge in [0.25, 0.3) is 0 Å². The molecule has 2 fully saturated rings. The lowest BCUT2D eigenvalue weighted by molar-refractivity contribution is -0.142. The number of carbonyl (C=O) groups is 1. The lowest BCUT2D eigenvalue weighted by Gasteiger charge is -2.28. The van der Waals surface area contributed by atoms with Gasteiger partial charge in [-0.05, 0) is 18.8 Å². The van der Waals surface area contributed by atoms with Gasteiger partial charge in [-0.15, -0.1) is 0 Å². The van der Waals surface area contributed by atoms with Crippen LogP contribution in [-0.4, -0.2) is 46.3 Å². The van der Waals surface area contributed by atoms with Gasteiger partial charge in [-0.3, -0.25) is 9.69 Å². The van der Waals surface area contributed by atoms with E-state index < -0.39 is 11.6 Å². The van der Waals surface area contributed by atoms with Crippen molar-refractivity contribution >= 4 is 5.97 Å². The molecule has 2 aliphatic rings. The minimum absolute atomic E-state index is 0.197. The highest BCUT2D eigenvalue weighted by Crippen LogP contribution is 2.32. The summed E-state index contributed by atoms with van der Waals surface area (Å²) in [6.07, 6.45) is 3.94. The van der Waals surface area contributed by atoms with E-state index in [0.29, 0.717) is 13.1 Å². The number of likely N-dealkylation sites (tertiary alicyclic amines) is 1. The van der Waals surface area contributed by atoms with Crippen LogP contribution in [-0.2, 0) is 4.79 Å². The van der Waals surface area contributed by atoms with Crippen LogP contribution in [0.2, 0.25) is 0 Å². The second kappa shape index (κ2) is 4.34. The standard InChI is InChI=1S/C12H21NO3/c1-9-6-13(7-10(9)11(14)15)8-12(16)4-2-3-5-12/h9-10,16H,2-8H2,1H3,(H,14,15)/t9-,10-/m1/s1. The summed E-state index contributed by atoms with van der Waals surface area (Å²) in [5.41, 5.74) is -0.548. The van der Waals surface area contributed by atoms with Crippen LogP contribution >= 0.6 is 0 Å². The molecule has 0 spiro atoms. The third kappa shape index (κ3) is 2.38. The zero-order valence-corrected chi connectivity index (χ0v) is 9.85. The molecule has 0 amide bonds. The molecule has 1 aliphatic heterocycles. The molecule has 0 radical (unpaired) electrons. The molecule has 0 aromatic rings. The highest BCUT2D eigenvalue weighted by molar-refractivity contribution is 5.71. The van der Waals surface area contributed by atoms with Crippen LogP contribution in [0, 0.1) is 11.8 Å². The summed E-state index contributed by atoms with van der Waals surface area (Å²) >= 11 is 0. The maximum Gasteiger partial charge on any atom is 0.308 e. The lowest BCUT2D eigenvalue weighted by atomic mass is 9.99. The summed E-state index contributed by atoms with van der Waals surface area (Å²) < 4.78 is 0. The van der Waals surface area contributed by atoms with Crippen LogP contribution in [0.5, 0.6) is 0 Å². The number of aliphatic hydroxyl groups is 1. The Morgan fingerprint density at radius 3 is 2.50 bits per heavy atom. The van der Waals surface area contributed by atoms with Gasteiger partial charge in [-0.25, -0.2) is 0 Å². The molecule has 0 aromatic carbocycles. The second-order valence-corrected chi connectivity index (χ2v) is 5.55. The average Bonchev–Trinajstić information content (AvgIpc) is 2.73. The van der Waals surface area contributed by atoms with Crippen molar-refractivity contribution in [1.29, 1.82) is 0 Å². The van der Waals surface area contributed by atoms with E-state index >= 15 is 0 Å². The minimum Gasteiger partial charge on any atom is -0.481 e. The van der Waals surface area contributed by atoms with Crippen LogP contribution in [0.25, 0.3) is 0 Å². The average molecular weight is 227 g/mol. The Hall–Kier alpha value is -0.610. The molecule has 0 aromatic heterocycles. The molecule has 16 heavy (non-hydrogen) atoms. The van der Waals surface area contributed by atoms with E-state index in [1.807, 2.05) is 6.92 Å². The molecule has 92 valence electrons. The van der Waals surface area contributed by atoms with Crippen molar-refractivity contribution in [2.75, 3.05) is 19.6 Å². The van der Waals surface area contributed by atoms with Gasteiger partial charge in [0.1, 0.15) is 0 Å². The van der Waals surface area contributed by atoms with E-state index in [1.54, 1.807) is 0 Å². The van der Waals surface area contributed by atoms with Crippen LogP contribution in [0.4, 0.5) is 0 Å². The fourth-order valence-electron chi connectivity index (χ4n) is 3.13. The quantitative estimate of drug-likeness (QED) is 0.753. The fraction of sp³-hybridized carbons (Fsp3) is 0.917. The molecule has 0 unspecified atom stereocenters. The molecule has 4 heteroatoms. The first-order valence-corrected chi connectivity index (χ1v) is 6.18. The summed E-state index contributed by atoms with van der Waals surface area (Å²) in [5, 5.41) is 19.3. The monoisotopic (exact) mass is 227 g/mol. The number of hydrogen-bond donors (Lipinski definition) is 2. The predicted molar refractivity (Wildman–Crippen MR) is 60.1 cm³/mol. The Bertz CT molecular complexity index is 273. The molecule has 4 nitrogen and oxygen atoms in total. The van der Waals surface area contributed by atoms with Crippen LogP contribution in [0.15, 0.2) is 0 Å². The molecule has 1 aliphatic carbocycles. The molecular weight excluding hydrogens is 206 g/mol. The third-order valence-electron chi connectivity index (χ3n) is 4.06. The molecule has 1 saturated heterocycles. The van der Waals surface area contributed by atoms with Gasteiger partial charge in [0.15, 0.2) is 0 Å². The SMILES string of the molecule is C[C@@H]1CN(CC2(O)CCCC2)C[C@H]1C(=O)O. The highest BCUT2D eigenvalue weighted by Gasteiger charge is 2.39. The Balaban J connectivity index is 1.90. The highest BCUT2D eigenvalue weighted by atomic mass is 16.4. The zero-order valence-electron chi connectivity index (χ0n) is 9.85. The summed E-state index contributed by atoms with van der Waals surface area (Å²) in [6, 6.07) is 0. The first kappa shape index (κ1) is 11.9. The summed E-state index contributed by atoms with van der Waals surface area (Å²) in [7, 11) is 0. The van der Waals surface area contributed by atoms with E-state index in [4.69, 9.17) is 5.11 Å². The number of aliphatic carboxylic acids is 1. The Morgan fingerprint density at radius 1 is 1.38 bits per heavy atom. The fourth-order valence-corrected chi connectivity index (χ4v) is 3.13. The molecule has 1 saturated carbocycles. The topological polar surface area (TPSA) is 60.8 Å². The number of hydrogen-bond acceptors (Lipinski definition) is 3. The van der Waals surface area contributed by atoms with Crippen molar-refractivity contribution in [2.24, 2.45) is 11.8 Å². The molecule has 2 N–H and O–H groups in total.